The fraction of sp³-hybridized carbons (Fsp3) is 0.156. The highest BCUT2D eigenvalue weighted by Gasteiger charge is 2.26. The number of fused-ring (bicyclic) bond motifs is 1. The molecule has 3 aromatic carbocycles. The second-order valence-electron chi connectivity index (χ2n) is 9.72. The Labute approximate surface area is 237 Å². The number of nitrogens with zero attached hydrogens (tertiary/aromatic N) is 5. The number of piperazine rings is 1. The van der Waals surface area contributed by atoms with Crippen molar-refractivity contribution in [2.45, 2.75) is 0 Å². The lowest BCUT2D eigenvalue weighted by atomic mass is 10.1. The van der Waals surface area contributed by atoms with Crippen molar-refractivity contribution in [2.24, 2.45) is 0 Å². The third-order valence-corrected chi connectivity index (χ3v) is 7.32. The molecule has 2 aromatic heterocycles. The van der Waals surface area contributed by atoms with Crippen molar-refractivity contribution in [2.75, 3.05) is 32.7 Å². The Hall–Kier alpha value is -4.33. The summed E-state index contributed by atoms with van der Waals surface area (Å²) in [5.41, 5.74) is 4.21. The summed E-state index contributed by atoms with van der Waals surface area (Å²) in [7, 11) is 0. The van der Waals surface area contributed by atoms with Crippen LogP contribution in [0.5, 0.6) is 0 Å². The molecular weight excluding hydrogens is 525 g/mol. The molecule has 0 radical (unpaired) electrons. The quantitative estimate of drug-likeness (QED) is 0.247. The number of hydrogen-bond acceptors (Lipinski definition) is 4. The van der Waals surface area contributed by atoms with E-state index in [2.05, 4.69) is 34.2 Å². The highest BCUT2D eigenvalue weighted by Crippen LogP contribution is 2.27. The molecule has 0 saturated carbocycles. The molecule has 0 unspecified atom stereocenters. The Morgan fingerprint density at radius 3 is 2.35 bits per heavy atom. The molecule has 1 aliphatic heterocycles. The third-order valence-electron chi connectivity index (χ3n) is 7.07. The molecule has 0 bridgehead atoms. The first-order valence-electron chi connectivity index (χ1n) is 13.2. The van der Waals surface area contributed by atoms with Crippen LogP contribution in [-0.2, 0) is 0 Å². The van der Waals surface area contributed by atoms with Gasteiger partial charge in [0.05, 0.1) is 11.4 Å². The minimum Gasteiger partial charge on any atom is -0.335 e. The Bertz CT molecular complexity index is 1680. The first-order valence-corrected chi connectivity index (χ1v) is 13.6. The van der Waals surface area contributed by atoms with Crippen LogP contribution in [-0.4, -0.2) is 63.0 Å². The maximum Gasteiger partial charge on any atom is 0.272 e. The van der Waals surface area contributed by atoms with Gasteiger partial charge >= 0.3 is 0 Å². The van der Waals surface area contributed by atoms with E-state index >= 15 is 0 Å². The van der Waals surface area contributed by atoms with Crippen LogP contribution >= 0.6 is 11.6 Å². The fourth-order valence-corrected chi connectivity index (χ4v) is 5.02. The minimum atomic E-state index is -0.396. The summed E-state index contributed by atoms with van der Waals surface area (Å²) in [5.74, 6) is -0.553. The lowest BCUT2D eigenvalue weighted by Crippen LogP contribution is -2.49. The van der Waals surface area contributed by atoms with Gasteiger partial charge < -0.3 is 4.90 Å². The molecule has 40 heavy (non-hydrogen) atoms. The smallest absolute Gasteiger partial charge is 0.272 e. The number of halogens is 2. The Kier molecular flexibility index (Phi) is 7.40. The number of rotatable bonds is 6. The predicted octanol–water partition coefficient (Wildman–Crippen LogP) is 6.33. The van der Waals surface area contributed by atoms with Gasteiger partial charge in [0.1, 0.15) is 11.5 Å². The molecule has 6 nitrogen and oxygen atoms in total. The topological polar surface area (TPSA) is 53.7 Å². The number of hydrogen-bond donors (Lipinski definition) is 0. The van der Waals surface area contributed by atoms with Gasteiger partial charge in [-0.2, -0.15) is 5.10 Å². The van der Waals surface area contributed by atoms with Gasteiger partial charge in [0.2, 0.25) is 0 Å². The maximum absolute atomic E-state index is 14.7. The van der Waals surface area contributed by atoms with E-state index in [1.807, 2.05) is 35.2 Å². The number of carbonyl (C=O) groups excluding carboxylic acids is 1. The molecule has 0 atom stereocenters. The van der Waals surface area contributed by atoms with Crippen LogP contribution < -0.4 is 0 Å². The van der Waals surface area contributed by atoms with E-state index in [0.29, 0.717) is 46.4 Å². The molecule has 1 saturated heterocycles. The number of carbonyl (C=O) groups is 1. The van der Waals surface area contributed by atoms with Gasteiger partial charge in [0, 0.05) is 54.9 Å². The summed E-state index contributed by atoms with van der Waals surface area (Å²) in [4.78, 5) is 22.7. The van der Waals surface area contributed by atoms with Crippen molar-refractivity contribution >= 4 is 29.2 Å². The number of amides is 1. The highest BCUT2D eigenvalue weighted by molar-refractivity contribution is 6.30. The van der Waals surface area contributed by atoms with E-state index < -0.39 is 5.82 Å². The summed E-state index contributed by atoms with van der Waals surface area (Å²) in [6, 6.07) is 27.4. The van der Waals surface area contributed by atoms with Gasteiger partial charge in [-0.3, -0.25) is 9.69 Å². The van der Waals surface area contributed by atoms with Crippen molar-refractivity contribution < 1.29 is 9.18 Å². The largest absolute Gasteiger partial charge is 0.335 e. The number of benzene rings is 3. The lowest BCUT2D eigenvalue weighted by Gasteiger charge is -2.34. The van der Waals surface area contributed by atoms with Gasteiger partial charge in [-0.25, -0.2) is 13.9 Å². The average molecular weight is 552 g/mol. The molecule has 0 aliphatic carbocycles. The summed E-state index contributed by atoms with van der Waals surface area (Å²) >= 11 is 6.07. The minimum absolute atomic E-state index is 0.157. The zero-order valence-corrected chi connectivity index (χ0v) is 22.5. The summed E-state index contributed by atoms with van der Waals surface area (Å²) < 4.78 is 16.3. The lowest BCUT2D eigenvalue weighted by molar-refractivity contribution is 0.0641. The molecular formula is C32H27ClFN5O. The zero-order chi connectivity index (χ0) is 27.5. The second-order valence-corrected chi connectivity index (χ2v) is 10.2. The molecule has 0 N–H and O–H groups in total. The van der Waals surface area contributed by atoms with Crippen LogP contribution in [0.25, 0.3) is 34.2 Å². The maximum atomic E-state index is 14.7. The van der Waals surface area contributed by atoms with Crippen molar-refractivity contribution in [3.63, 3.8) is 0 Å². The van der Waals surface area contributed by atoms with Gasteiger partial charge in [-0.15, -0.1) is 0 Å². The van der Waals surface area contributed by atoms with Crippen molar-refractivity contribution in [3.8, 4) is 22.5 Å². The second kappa shape index (κ2) is 11.4. The van der Waals surface area contributed by atoms with Gasteiger partial charge in [-0.05, 0) is 35.9 Å². The molecule has 0 spiro atoms. The van der Waals surface area contributed by atoms with Crippen LogP contribution in [0.3, 0.4) is 0 Å². The molecule has 1 aliphatic rings. The predicted molar refractivity (Wildman–Crippen MR) is 157 cm³/mol. The summed E-state index contributed by atoms with van der Waals surface area (Å²) in [5, 5.41) is 5.34. The van der Waals surface area contributed by atoms with E-state index in [-0.39, 0.29) is 5.91 Å². The number of aromatic nitrogens is 3. The molecule has 5 aromatic rings. The molecule has 3 heterocycles. The van der Waals surface area contributed by atoms with Crippen molar-refractivity contribution in [3.05, 3.63) is 119 Å². The third kappa shape index (κ3) is 5.52. The Balaban J connectivity index is 1.27. The van der Waals surface area contributed by atoms with Crippen LogP contribution in [0.1, 0.15) is 16.1 Å². The van der Waals surface area contributed by atoms with E-state index in [9.17, 15) is 9.18 Å². The first-order chi connectivity index (χ1) is 19.5. The normalized spacial score (nSPS) is 14.3. The molecule has 1 fully saturated rings. The monoisotopic (exact) mass is 551 g/mol. The molecule has 8 heteroatoms. The SMILES string of the molecule is O=C(c1cc(-c2ccccc2F)nc2cc(-c3ccc(Cl)cc3)nn12)N1CCN(C/C=C/c2ccccc2)CC1. The first kappa shape index (κ1) is 25.9. The standard InChI is InChI=1S/C32H27ClFN5O/c33-25-14-12-24(13-15-25)28-22-31-35-29(26-10-4-5-11-27(26)34)21-30(39(31)36-28)32(40)38-19-17-37(18-20-38)16-6-9-23-7-2-1-3-8-23/h1-15,21-22H,16-20H2/b9-6+. The van der Waals surface area contributed by atoms with Gasteiger partial charge in [-0.1, -0.05) is 78.4 Å². The van der Waals surface area contributed by atoms with Crippen molar-refractivity contribution in [1.82, 2.24) is 24.4 Å². The van der Waals surface area contributed by atoms with E-state index in [0.717, 1.165) is 25.2 Å². The zero-order valence-electron chi connectivity index (χ0n) is 21.8. The van der Waals surface area contributed by atoms with Crippen molar-refractivity contribution in [1.29, 1.82) is 0 Å². The Morgan fingerprint density at radius 1 is 0.875 bits per heavy atom. The van der Waals surface area contributed by atoms with Crippen LogP contribution in [0.15, 0.2) is 97.1 Å². The van der Waals surface area contributed by atoms with Gasteiger partial charge in [0.25, 0.3) is 5.91 Å². The Morgan fingerprint density at radius 2 is 1.60 bits per heavy atom. The van der Waals surface area contributed by atoms with E-state index in [1.54, 1.807) is 47.0 Å². The fourth-order valence-electron chi connectivity index (χ4n) is 4.89. The summed E-state index contributed by atoms with van der Waals surface area (Å²) in [6.45, 7) is 3.50. The highest BCUT2D eigenvalue weighted by atomic mass is 35.5. The van der Waals surface area contributed by atoms with Gasteiger partial charge in [0.15, 0.2) is 5.65 Å². The van der Waals surface area contributed by atoms with E-state index in [1.165, 1.54) is 11.6 Å². The average Bonchev–Trinajstić information content (AvgIpc) is 3.42. The van der Waals surface area contributed by atoms with E-state index in [4.69, 9.17) is 16.7 Å². The van der Waals surface area contributed by atoms with Crippen LogP contribution in [0, 0.1) is 5.82 Å². The van der Waals surface area contributed by atoms with Crippen LogP contribution in [0.2, 0.25) is 5.02 Å². The molecule has 6 rings (SSSR count). The molecule has 1 amide bonds. The van der Waals surface area contributed by atoms with Crippen LogP contribution in [0.4, 0.5) is 4.39 Å². The summed E-state index contributed by atoms with van der Waals surface area (Å²) in [6.07, 6.45) is 4.27. The molecule has 200 valence electrons.